The van der Waals surface area contributed by atoms with Crippen molar-refractivity contribution in [3.8, 4) is 0 Å². The van der Waals surface area contributed by atoms with Gasteiger partial charge in [0.05, 0.1) is 5.52 Å². The van der Waals surface area contributed by atoms with Gasteiger partial charge >= 0.3 is 0 Å². The summed E-state index contributed by atoms with van der Waals surface area (Å²) >= 11 is 0. The molecule has 2 aliphatic heterocycles. The van der Waals surface area contributed by atoms with E-state index in [0.717, 1.165) is 24.4 Å². The van der Waals surface area contributed by atoms with Crippen LogP contribution < -0.4 is 4.90 Å². The summed E-state index contributed by atoms with van der Waals surface area (Å²) in [7, 11) is 0. The molecular weight excluding hydrogens is 248 g/mol. The Kier molecular flexibility index (Phi) is 3.03. The van der Waals surface area contributed by atoms with Crippen LogP contribution in [0.2, 0.25) is 0 Å². The van der Waals surface area contributed by atoms with Crippen molar-refractivity contribution >= 4 is 16.7 Å². The van der Waals surface area contributed by atoms with Gasteiger partial charge in [0.25, 0.3) is 0 Å². The van der Waals surface area contributed by atoms with E-state index in [4.69, 9.17) is 0 Å². The summed E-state index contributed by atoms with van der Waals surface area (Å²) in [6.07, 6.45) is 5.77. The first-order valence-electron chi connectivity index (χ1n) is 7.60. The quantitative estimate of drug-likeness (QED) is 0.794. The van der Waals surface area contributed by atoms with Gasteiger partial charge in [-0.15, -0.1) is 0 Å². The third kappa shape index (κ3) is 2.04. The van der Waals surface area contributed by atoms with Gasteiger partial charge in [-0.2, -0.15) is 0 Å². The minimum Gasteiger partial charge on any atom is -0.353 e. The summed E-state index contributed by atoms with van der Waals surface area (Å²) in [6, 6.07) is 9.03. The van der Waals surface area contributed by atoms with E-state index in [1.807, 2.05) is 6.07 Å². The van der Waals surface area contributed by atoms with Crippen molar-refractivity contribution in [2.75, 3.05) is 31.1 Å². The number of rotatable bonds is 1. The highest BCUT2D eigenvalue weighted by Crippen LogP contribution is 2.27. The highest BCUT2D eigenvalue weighted by molar-refractivity contribution is 5.89. The van der Waals surface area contributed by atoms with E-state index in [9.17, 15) is 0 Å². The molecule has 2 aliphatic rings. The van der Waals surface area contributed by atoms with Gasteiger partial charge in [0, 0.05) is 31.1 Å². The first-order chi connectivity index (χ1) is 9.92. The number of nitrogens with zero attached hydrogens (tertiary/aromatic N) is 4. The lowest BCUT2D eigenvalue weighted by molar-refractivity contribution is 0.133. The lowest BCUT2D eigenvalue weighted by atomic mass is 9.99. The molecule has 0 bridgehead atoms. The third-order valence-corrected chi connectivity index (χ3v) is 4.66. The molecule has 0 spiro atoms. The number of piperazine rings is 1. The van der Waals surface area contributed by atoms with Crippen LogP contribution in [0.15, 0.2) is 30.6 Å². The average molecular weight is 268 g/mol. The molecule has 4 rings (SSSR count). The molecule has 1 aromatic heterocycles. The van der Waals surface area contributed by atoms with Crippen molar-refractivity contribution in [2.24, 2.45) is 0 Å². The molecule has 0 unspecified atom stereocenters. The predicted octanol–water partition coefficient (Wildman–Crippen LogP) is 2.30. The SMILES string of the molecule is c1ccc2c(N3CCN4CCCC[C@H]4C3)ncnc2c1. The molecule has 4 heteroatoms. The lowest BCUT2D eigenvalue weighted by Gasteiger charge is -2.44. The number of para-hydroxylation sites is 1. The molecule has 2 aromatic rings. The van der Waals surface area contributed by atoms with Crippen molar-refractivity contribution in [2.45, 2.75) is 25.3 Å². The number of hydrogen-bond donors (Lipinski definition) is 0. The first-order valence-corrected chi connectivity index (χ1v) is 7.60. The molecule has 0 N–H and O–H groups in total. The third-order valence-electron chi connectivity index (χ3n) is 4.66. The Morgan fingerprint density at radius 2 is 1.95 bits per heavy atom. The van der Waals surface area contributed by atoms with Gasteiger partial charge in [-0.05, 0) is 31.5 Å². The summed E-state index contributed by atoms with van der Waals surface area (Å²) in [5, 5.41) is 1.18. The Morgan fingerprint density at radius 1 is 1.00 bits per heavy atom. The summed E-state index contributed by atoms with van der Waals surface area (Å²) in [5.74, 6) is 1.11. The van der Waals surface area contributed by atoms with E-state index in [-0.39, 0.29) is 0 Å². The maximum atomic E-state index is 4.56. The number of hydrogen-bond acceptors (Lipinski definition) is 4. The molecule has 1 aromatic carbocycles. The topological polar surface area (TPSA) is 32.3 Å². The highest BCUT2D eigenvalue weighted by Gasteiger charge is 2.29. The van der Waals surface area contributed by atoms with Crippen LogP contribution in [-0.2, 0) is 0 Å². The number of benzene rings is 1. The molecule has 2 fully saturated rings. The second kappa shape index (κ2) is 5.02. The zero-order valence-corrected chi connectivity index (χ0v) is 11.7. The van der Waals surface area contributed by atoms with Crippen LogP contribution in [0, 0.1) is 0 Å². The second-order valence-corrected chi connectivity index (χ2v) is 5.85. The van der Waals surface area contributed by atoms with Gasteiger partial charge < -0.3 is 4.90 Å². The summed E-state index contributed by atoms with van der Waals surface area (Å²) in [4.78, 5) is 14.0. The van der Waals surface area contributed by atoms with E-state index < -0.39 is 0 Å². The van der Waals surface area contributed by atoms with Crippen LogP contribution in [0.4, 0.5) is 5.82 Å². The zero-order chi connectivity index (χ0) is 13.4. The fourth-order valence-corrected chi connectivity index (χ4v) is 3.59. The fraction of sp³-hybridized carbons (Fsp3) is 0.500. The molecule has 104 valence electrons. The van der Waals surface area contributed by atoms with Gasteiger partial charge in [0.2, 0.25) is 0 Å². The Balaban J connectivity index is 1.66. The van der Waals surface area contributed by atoms with Crippen LogP contribution in [0.1, 0.15) is 19.3 Å². The van der Waals surface area contributed by atoms with E-state index >= 15 is 0 Å². The first kappa shape index (κ1) is 12.1. The number of anilines is 1. The summed E-state index contributed by atoms with van der Waals surface area (Å²) in [6.45, 7) is 4.64. The van der Waals surface area contributed by atoms with Gasteiger partial charge in [-0.25, -0.2) is 9.97 Å². The molecule has 3 heterocycles. The van der Waals surface area contributed by atoms with Crippen LogP contribution in [0.3, 0.4) is 0 Å². The van der Waals surface area contributed by atoms with Gasteiger partial charge in [-0.3, -0.25) is 4.90 Å². The highest BCUT2D eigenvalue weighted by atomic mass is 15.3. The van der Waals surface area contributed by atoms with Crippen molar-refractivity contribution < 1.29 is 0 Å². The van der Waals surface area contributed by atoms with Crippen LogP contribution in [0.5, 0.6) is 0 Å². The molecule has 0 aliphatic carbocycles. The van der Waals surface area contributed by atoms with Crippen molar-refractivity contribution in [1.29, 1.82) is 0 Å². The monoisotopic (exact) mass is 268 g/mol. The zero-order valence-electron chi connectivity index (χ0n) is 11.7. The minimum atomic E-state index is 0.714. The Morgan fingerprint density at radius 3 is 2.95 bits per heavy atom. The van der Waals surface area contributed by atoms with Crippen LogP contribution in [-0.4, -0.2) is 47.1 Å². The van der Waals surface area contributed by atoms with Gasteiger partial charge in [-0.1, -0.05) is 18.6 Å². The van der Waals surface area contributed by atoms with Crippen molar-refractivity contribution in [3.63, 3.8) is 0 Å². The minimum absolute atomic E-state index is 0.714. The molecule has 2 saturated heterocycles. The maximum absolute atomic E-state index is 4.56. The largest absolute Gasteiger partial charge is 0.353 e. The number of aromatic nitrogens is 2. The standard InChI is InChI=1S/C16H20N4/c1-2-7-15-14(6-1)16(18-12-17-15)20-10-9-19-8-4-3-5-13(19)11-20/h1-2,6-7,12-13H,3-5,8-11H2/t13-/m0/s1. The summed E-state index contributed by atoms with van der Waals surface area (Å²) < 4.78 is 0. The normalized spacial score (nSPS) is 23.8. The Hall–Kier alpha value is -1.68. The summed E-state index contributed by atoms with van der Waals surface area (Å²) in [5.41, 5.74) is 1.04. The Labute approximate surface area is 119 Å². The molecule has 4 nitrogen and oxygen atoms in total. The van der Waals surface area contributed by atoms with E-state index in [0.29, 0.717) is 6.04 Å². The second-order valence-electron chi connectivity index (χ2n) is 5.85. The molecule has 0 saturated carbocycles. The van der Waals surface area contributed by atoms with Crippen LogP contribution in [0.25, 0.3) is 10.9 Å². The maximum Gasteiger partial charge on any atom is 0.139 e. The molecular formula is C16H20N4. The number of piperidine rings is 1. The molecule has 20 heavy (non-hydrogen) atoms. The predicted molar refractivity (Wildman–Crippen MR) is 81.0 cm³/mol. The van der Waals surface area contributed by atoms with E-state index in [2.05, 4.69) is 38.0 Å². The van der Waals surface area contributed by atoms with E-state index in [1.165, 1.54) is 37.7 Å². The number of fused-ring (bicyclic) bond motifs is 2. The van der Waals surface area contributed by atoms with Gasteiger partial charge in [0.15, 0.2) is 0 Å². The Bertz CT molecular complexity index is 607. The smallest absolute Gasteiger partial charge is 0.139 e. The van der Waals surface area contributed by atoms with E-state index in [1.54, 1.807) is 6.33 Å². The molecule has 1 atom stereocenters. The lowest BCUT2D eigenvalue weighted by Crippen LogP contribution is -2.55. The van der Waals surface area contributed by atoms with Crippen LogP contribution >= 0.6 is 0 Å². The molecule has 0 amide bonds. The van der Waals surface area contributed by atoms with Gasteiger partial charge in [0.1, 0.15) is 12.1 Å². The van der Waals surface area contributed by atoms with Crippen molar-refractivity contribution in [3.05, 3.63) is 30.6 Å². The van der Waals surface area contributed by atoms with Crippen molar-refractivity contribution in [1.82, 2.24) is 14.9 Å². The average Bonchev–Trinajstić information content (AvgIpc) is 2.54. The molecule has 0 radical (unpaired) electrons. The fourth-order valence-electron chi connectivity index (χ4n) is 3.59.